The quantitative estimate of drug-likeness (QED) is 0.0374. The summed E-state index contributed by atoms with van der Waals surface area (Å²) in [6, 6.07) is 18.7. The van der Waals surface area contributed by atoms with Gasteiger partial charge in [0.1, 0.15) is 30.7 Å². The average Bonchev–Trinajstić information content (AvgIpc) is 3.49. The highest BCUT2D eigenvalue weighted by atomic mass is 19.4. The van der Waals surface area contributed by atoms with Crippen LogP contribution in [0.1, 0.15) is 75.5 Å². The second-order valence-corrected chi connectivity index (χ2v) is 16.3. The highest BCUT2D eigenvalue weighted by Gasteiger charge is 2.39. The Morgan fingerprint density at radius 2 is 1.73 bits per heavy atom. The van der Waals surface area contributed by atoms with Gasteiger partial charge in [0, 0.05) is 48.8 Å². The fourth-order valence-corrected chi connectivity index (χ4v) is 7.03. The lowest BCUT2D eigenvalue weighted by Gasteiger charge is -2.22. The minimum Gasteiger partial charge on any atom is -0.491 e. The maximum atomic E-state index is 13.6. The first-order chi connectivity index (χ1) is 29.4. The van der Waals surface area contributed by atoms with E-state index in [9.17, 15) is 42.9 Å². The summed E-state index contributed by atoms with van der Waals surface area (Å²) in [5.74, 6) is -2.33. The lowest BCUT2D eigenvalue weighted by molar-refractivity contribution is -0.145. The molecular formula is C47H54F3N3O9. The van der Waals surface area contributed by atoms with Gasteiger partial charge in [0.25, 0.3) is 0 Å². The average molecular weight is 862 g/mol. The number of carbonyl (C=O) groups is 3. The fourth-order valence-electron chi connectivity index (χ4n) is 7.03. The number of halogens is 3. The van der Waals surface area contributed by atoms with Crippen LogP contribution in [-0.2, 0) is 31.8 Å². The number of hydrogen-bond acceptors (Lipinski definition) is 10. The highest BCUT2D eigenvalue weighted by molar-refractivity contribution is 5.98. The Morgan fingerprint density at radius 3 is 2.47 bits per heavy atom. The number of nitrogens with one attached hydrogen (secondary N) is 2. The number of amides is 2. The number of pyridine rings is 1. The molecule has 2 amide bonds. The molecule has 1 aliphatic rings. The molecule has 62 heavy (non-hydrogen) atoms. The van der Waals surface area contributed by atoms with Gasteiger partial charge in [-0.1, -0.05) is 60.7 Å². The molecule has 0 saturated heterocycles. The Balaban J connectivity index is 1.06. The van der Waals surface area contributed by atoms with E-state index in [0.29, 0.717) is 36.1 Å². The van der Waals surface area contributed by atoms with Crippen molar-refractivity contribution in [2.75, 3.05) is 18.5 Å². The second-order valence-electron chi connectivity index (χ2n) is 16.3. The lowest BCUT2D eigenvalue weighted by atomic mass is 9.89. The molecule has 1 heterocycles. The molecule has 12 nitrogen and oxygen atoms in total. The summed E-state index contributed by atoms with van der Waals surface area (Å²) in [6.45, 7) is 4.94. The van der Waals surface area contributed by atoms with Crippen LogP contribution in [0.15, 0.2) is 109 Å². The van der Waals surface area contributed by atoms with Crippen molar-refractivity contribution in [2.45, 2.75) is 95.5 Å². The van der Waals surface area contributed by atoms with Gasteiger partial charge in [-0.15, -0.1) is 0 Å². The smallest absolute Gasteiger partial charge is 0.416 e. The van der Waals surface area contributed by atoms with Crippen molar-refractivity contribution in [3.05, 3.63) is 126 Å². The van der Waals surface area contributed by atoms with Crippen LogP contribution in [0.2, 0.25) is 0 Å². The standard InChI is InChI=1S/C47H54F3N3O9/c1-46(2,3)62-45(59)52-27-40(44(58)53-35-18-17-33-26-51-22-21-32(33)23-35)31-15-13-30(14-16-31)28-61-43(57)12-7-5-4-6-11-38-39(42(56)25-41(38)55)20-19-36(54)29-60-37-10-8-9-34(24-37)47(48,49)50/h4,6,8-10,13-24,26,36,38-42,54-56H,5,7,11-12,25,27-29H2,1-3H3,(H,52,59)(H,53,58)/t36-,38-,39-,40?,41+,42-/m1/s1. The maximum absolute atomic E-state index is 13.6. The van der Waals surface area contributed by atoms with Crippen molar-refractivity contribution in [1.82, 2.24) is 10.3 Å². The largest absolute Gasteiger partial charge is 0.491 e. The summed E-state index contributed by atoms with van der Waals surface area (Å²) in [4.78, 5) is 42.8. The van der Waals surface area contributed by atoms with Gasteiger partial charge in [0.15, 0.2) is 0 Å². The molecule has 1 fully saturated rings. The number of hydrogen-bond donors (Lipinski definition) is 5. The molecule has 6 atom stereocenters. The van der Waals surface area contributed by atoms with Crippen LogP contribution in [-0.4, -0.2) is 75.3 Å². The Labute approximate surface area is 358 Å². The summed E-state index contributed by atoms with van der Waals surface area (Å²) in [5.41, 5.74) is 0.347. The highest BCUT2D eigenvalue weighted by Crippen LogP contribution is 2.37. The van der Waals surface area contributed by atoms with Crippen molar-refractivity contribution >= 4 is 34.4 Å². The molecule has 1 unspecified atom stereocenters. The summed E-state index contributed by atoms with van der Waals surface area (Å²) in [6.07, 6.45) is 4.08. The number of aliphatic hydroxyl groups is 3. The van der Waals surface area contributed by atoms with Gasteiger partial charge in [-0.2, -0.15) is 13.2 Å². The molecule has 0 spiro atoms. The van der Waals surface area contributed by atoms with E-state index in [2.05, 4.69) is 15.6 Å². The lowest BCUT2D eigenvalue weighted by Crippen LogP contribution is -2.37. The summed E-state index contributed by atoms with van der Waals surface area (Å²) >= 11 is 0. The zero-order valence-electron chi connectivity index (χ0n) is 34.9. The van der Waals surface area contributed by atoms with E-state index >= 15 is 0 Å². The van der Waals surface area contributed by atoms with Gasteiger partial charge in [-0.05, 0) is 98.9 Å². The van der Waals surface area contributed by atoms with E-state index in [0.717, 1.165) is 22.9 Å². The molecule has 5 rings (SSSR count). The molecule has 5 N–H and O–H groups in total. The van der Waals surface area contributed by atoms with Crippen molar-refractivity contribution in [2.24, 2.45) is 11.8 Å². The Hall–Kier alpha value is -5.77. The zero-order chi connectivity index (χ0) is 44.9. The van der Waals surface area contributed by atoms with Gasteiger partial charge in [-0.25, -0.2) is 4.79 Å². The number of alkyl carbamates (subject to hydrolysis) is 1. The number of rotatable bonds is 18. The second kappa shape index (κ2) is 21.8. The third-order valence-corrected chi connectivity index (χ3v) is 10.2. The normalized spacial score (nSPS) is 19.0. The van der Waals surface area contributed by atoms with Gasteiger partial charge in [-0.3, -0.25) is 14.6 Å². The van der Waals surface area contributed by atoms with Crippen LogP contribution in [0.25, 0.3) is 10.8 Å². The minimum atomic E-state index is -4.52. The Kier molecular flexibility index (Phi) is 16.7. The maximum Gasteiger partial charge on any atom is 0.416 e. The van der Waals surface area contributed by atoms with Crippen LogP contribution in [0, 0.1) is 11.8 Å². The van der Waals surface area contributed by atoms with E-state index < -0.39 is 53.6 Å². The van der Waals surface area contributed by atoms with Crippen LogP contribution in [0.3, 0.4) is 0 Å². The molecule has 0 bridgehead atoms. The topological polar surface area (TPSA) is 177 Å². The number of nitrogens with zero attached hydrogens (tertiary/aromatic N) is 1. The molecule has 332 valence electrons. The molecule has 3 aromatic carbocycles. The number of benzene rings is 3. The first-order valence-corrected chi connectivity index (χ1v) is 20.5. The van der Waals surface area contributed by atoms with Crippen molar-refractivity contribution in [3.8, 4) is 5.75 Å². The monoisotopic (exact) mass is 861 g/mol. The third kappa shape index (κ3) is 14.7. The number of allylic oxidation sites excluding steroid dienone is 2. The number of ether oxygens (including phenoxy) is 3. The molecule has 15 heteroatoms. The molecule has 0 aliphatic heterocycles. The van der Waals surface area contributed by atoms with Crippen molar-refractivity contribution < 1.29 is 57.1 Å². The number of aromatic nitrogens is 1. The predicted molar refractivity (Wildman–Crippen MR) is 227 cm³/mol. The number of esters is 1. The predicted octanol–water partition coefficient (Wildman–Crippen LogP) is 8.01. The summed E-state index contributed by atoms with van der Waals surface area (Å²) in [7, 11) is 0. The number of aliphatic hydroxyl groups excluding tert-OH is 3. The minimum absolute atomic E-state index is 0.0246. The number of unbranched alkanes of at least 4 members (excludes halogenated alkanes) is 1. The first-order valence-electron chi connectivity index (χ1n) is 20.5. The Bertz CT molecular complexity index is 2170. The van der Waals surface area contributed by atoms with E-state index in [-0.39, 0.29) is 56.1 Å². The summed E-state index contributed by atoms with van der Waals surface area (Å²) in [5, 5.41) is 39.0. The van der Waals surface area contributed by atoms with Crippen LogP contribution < -0.4 is 15.4 Å². The number of fused-ring (bicyclic) bond motifs is 1. The van der Waals surface area contributed by atoms with Crippen molar-refractivity contribution in [3.63, 3.8) is 0 Å². The number of carbonyl (C=O) groups excluding carboxylic acids is 3. The zero-order valence-corrected chi connectivity index (χ0v) is 34.9. The van der Waals surface area contributed by atoms with Crippen molar-refractivity contribution in [1.29, 1.82) is 0 Å². The van der Waals surface area contributed by atoms with E-state index in [1.807, 2.05) is 30.4 Å². The molecular weight excluding hydrogens is 808 g/mol. The van der Waals surface area contributed by atoms with E-state index in [1.54, 1.807) is 69.6 Å². The molecule has 1 aliphatic carbocycles. The Morgan fingerprint density at radius 1 is 0.952 bits per heavy atom. The van der Waals surface area contributed by atoms with E-state index in [4.69, 9.17) is 14.2 Å². The number of anilines is 1. The SMILES string of the molecule is CC(C)(C)OC(=O)NCC(C(=O)Nc1ccc2cnccc2c1)c1ccc(COC(=O)CCCC=CC[C@@H]2[C@@H](C=C[C@@H](O)COc3cccc(C(F)(F)F)c3)[C@H](O)C[C@@H]2O)cc1. The molecule has 1 saturated carbocycles. The fraction of sp³-hybridized carbons (Fsp3) is 0.404. The van der Waals surface area contributed by atoms with E-state index in [1.165, 1.54) is 18.2 Å². The first kappa shape index (κ1) is 47.3. The molecule has 0 radical (unpaired) electrons. The van der Waals surface area contributed by atoms with Crippen LogP contribution >= 0.6 is 0 Å². The number of alkyl halides is 3. The third-order valence-electron chi connectivity index (χ3n) is 10.2. The van der Waals surface area contributed by atoms with Gasteiger partial charge in [0.2, 0.25) is 5.91 Å². The molecule has 4 aromatic rings. The van der Waals surface area contributed by atoms with Gasteiger partial charge >= 0.3 is 18.2 Å². The summed E-state index contributed by atoms with van der Waals surface area (Å²) < 4.78 is 55.2. The van der Waals surface area contributed by atoms with Gasteiger partial charge in [0.05, 0.1) is 23.7 Å². The van der Waals surface area contributed by atoms with Crippen LogP contribution in [0.5, 0.6) is 5.75 Å². The van der Waals surface area contributed by atoms with Gasteiger partial charge < -0.3 is 40.2 Å². The van der Waals surface area contributed by atoms with Crippen LogP contribution in [0.4, 0.5) is 23.7 Å². The molecule has 1 aromatic heterocycles.